The van der Waals surface area contributed by atoms with E-state index in [1.807, 2.05) is 0 Å². The van der Waals surface area contributed by atoms with Crippen LogP contribution >= 0.6 is 12.4 Å². The molecular formula is H6ClFe2NO4S. The van der Waals surface area contributed by atoms with Crippen molar-refractivity contribution in [1.82, 2.24) is 6.15 Å². The zero-order valence-electron chi connectivity index (χ0n) is 3.94. The molecule has 0 heterocycles. The van der Waals surface area contributed by atoms with Gasteiger partial charge < -0.3 is 6.15 Å². The van der Waals surface area contributed by atoms with E-state index in [9.17, 15) is 0 Å². The third kappa shape index (κ3) is 349. The molecule has 0 saturated heterocycles. The van der Waals surface area contributed by atoms with Gasteiger partial charge in [0.2, 0.25) is 0 Å². The van der Waals surface area contributed by atoms with Gasteiger partial charge in [0.05, 0.1) is 0 Å². The summed E-state index contributed by atoms with van der Waals surface area (Å²) in [6, 6.07) is 0. The number of rotatable bonds is 0. The molecule has 0 spiro atoms. The molecule has 0 aromatic carbocycles. The van der Waals surface area contributed by atoms with Crippen molar-refractivity contribution in [2.75, 3.05) is 0 Å². The van der Waals surface area contributed by atoms with Crippen LogP contribution in [0.3, 0.4) is 0 Å². The number of hydrogen-bond acceptors (Lipinski definition) is 3. The van der Waals surface area contributed by atoms with Gasteiger partial charge in [-0.25, -0.2) is 0 Å². The van der Waals surface area contributed by atoms with Crippen LogP contribution in [0.1, 0.15) is 0 Å². The van der Waals surface area contributed by atoms with Crippen LogP contribution in [0.15, 0.2) is 0 Å². The standard InChI is InChI=1S/ClH.2Fe.H3N.H2O4S/c;;;;1-5(2,3)4/h1H;;;1H3;(H2,1,2,3,4). The third-order valence-corrected chi connectivity index (χ3v) is 0. The van der Waals surface area contributed by atoms with E-state index >= 15 is 0 Å². The molecule has 0 saturated carbocycles. The minimum Gasteiger partial charge on any atom is -0.344 e. The van der Waals surface area contributed by atoms with Gasteiger partial charge >= 0.3 is 10.4 Å². The molecule has 0 aromatic heterocycles. The molecule has 9 heteroatoms. The molecule has 64 valence electrons. The average molecular weight is 263 g/mol. The topological polar surface area (TPSA) is 110 Å². The first-order chi connectivity index (χ1) is 2.00. The molecule has 0 aliphatic carbocycles. The summed E-state index contributed by atoms with van der Waals surface area (Å²) in [7, 11) is -4.67. The molecule has 5 nitrogen and oxygen atoms in total. The van der Waals surface area contributed by atoms with Crippen molar-refractivity contribution < 1.29 is 51.7 Å². The van der Waals surface area contributed by atoms with E-state index in [0.29, 0.717) is 0 Å². The molecule has 0 rings (SSSR count). The van der Waals surface area contributed by atoms with Crippen LogP contribution in [0.2, 0.25) is 0 Å². The zero-order valence-corrected chi connectivity index (χ0v) is 7.78. The van der Waals surface area contributed by atoms with Gasteiger partial charge in [-0.3, -0.25) is 9.11 Å². The monoisotopic (exact) mass is 263 g/mol. The van der Waals surface area contributed by atoms with Gasteiger partial charge in [-0.2, -0.15) is 8.42 Å². The van der Waals surface area contributed by atoms with Crippen molar-refractivity contribution in [2.45, 2.75) is 0 Å². The molecule has 0 unspecified atom stereocenters. The maximum Gasteiger partial charge on any atom is 0.394 e. The van der Waals surface area contributed by atoms with Crippen LogP contribution in [0.5, 0.6) is 0 Å². The molecule has 0 radical (unpaired) electrons. The van der Waals surface area contributed by atoms with E-state index in [1.165, 1.54) is 0 Å². The van der Waals surface area contributed by atoms with Crippen molar-refractivity contribution in [3.8, 4) is 0 Å². The predicted molar refractivity (Wildman–Crippen MR) is 26.4 cm³/mol. The zero-order chi connectivity index (χ0) is 4.50. The van der Waals surface area contributed by atoms with Gasteiger partial charge in [0, 0.05) is 34.1 Å². The molecule has 0 bridgehead atoms. The molecule has 0 fully saturated rings. The van der Waals surface area contributed by atoms with Crippen molar-refractivity contribution in [2.24, 2.45) is 0 Å². The Balaban J connectivity index is -0.0000000133. The Labute approximate surface area is 80.5 Å². The Morgan fingerprint density at radius 2 is 1.00 bits per heavy atom. The first-order valence-corrected chi connectivity index (χ1v) is 2.10. The Kier molecular flexibility index (Phi) is 42.3. The normalized spacial score (nSPS) is 6.44. The summed E-state index contributed by atoms with van der Waals surface area (Å²) >= 11 is 0. The van der Waals surface area contributed by atoms with Crippen LogP contribution in [0.25, 0.3) is 0 Å². The molecular weight excluding hydrogens is 257 g/mol. The summed E-state index contributed by atoms with van der Waals surface area (Å²) in [6.07, 6.45) is 0. The summed E-state index contributed by atoms with van der Waals surface area (Å²) in [6.45, 7) is 0. The van der Waals surface area contributed by atoms with E-state index < -0.39 is 10.4 Å². The summed E-state index contributed by atoms with van der Waals surface area (Å²) in [5.74, 6) is 0. The Hall–Kier alpha value is 1.16. The van der Waals surface area contributed by atoms with E-state index in [1.54, 1.807) is 0 Å². The third-order valence-electron chi connectivity index (χ3n) is 0. The minimum atomic E-state index is -4.67. The van der Waals surface area contributed by atoms with Gasteiger partial charge in [-0.1, -0.05) is 0 Å². The van der Waals surface area contributed by atoms with Crippen LogP contribution in [-0.4, -0.2) is 17.5 Å². The van der Waals surface area contributed by atoms with Crippen molar-refractivity contribution in [3.05, 3.63) is 0 Å². The SMILES string of the molecule is Cl.N.O=S(=O)(O)O.[Fe].[Fe]. The van der Waals surface area contributed by atoms with Gasteiger partial charge in [-0.15, -0.1) is 12.4 Å². The van der Waals surface area contributed by atoms with E-state index in [2.05, 4.69) is 0 Å². The minimum absolute atomic E-state index is 0. The maximum atomic E-state index is 8.74. The van der Waals surface area contributed by atoms with Crippen molar-refractivity contribution in [3.63, 3.8) is 0 Å². The molecule has 0 aromatic rings. The van der Waals surface area contributed by atoms with Gasteiger partial charge in [-0.05, 0) is 0 Å². The molecule has 9 heavy (non-hydrogen) atoms. The van der Waals surface area contributed by atoms with Crippen LogP contribution < -0.4 is 6.15 Å². The molecule has 5 N–H and O–H groups in total. The molecule has 0 aliphatic heterocycles. The fourth-order valence-electron chi connectivity index (χ4n) is 0. The fraction of sp³-hybridized carbons (Fsp3) is 0. The molecule has 0 atom stereocenters. The smallest absolute Gasteiger partial charge is 0.344 e. The number of hydrogen-bond donors (Lipinski definition) is 3. The first-order valence-electron chi connectivity index (χ1n) is 0.698. The Morgan fingerprint density at radius 1 is 1.00 bits per heavy atom. The Morgan fingerprint density at radius 3 is 1.00 bits per heavy atom. The van der Waals surface area contributed by atoms with Crippen molar-refractivity contribution >= 4 is 22.8 Å². The molecule has 0 amide bonds. The van der Waals surface area contributed by atoms with Gasteiger partial charge in [0.1, 0.15) is 0 Å². The van der Waals surface area contributed by atoms with Crippen LogP contribution in [0, 0.1) is 0 Å². The summed E-state index contributed by atoms with van der Waals surface area (Å²) in [4.78, 5) is 0. The molecule has 0 aliphatic rings. The Bertz CT molecular complexity index is 102. The largest absolute Gasteiger partial charge is 0.394 e. The van der Waals surface area contributed by atoms with E-state index in [-0.39, 0.29) is 52.7 Å². The van der Waals surface area contributed by atoms with E-state index in [4.69, 9.17) is 17.5 Å². The fourth-order valence-corrected chi connectivity index (χ4v) is 0. The number of halogens is 1. The second-order valence-corrected chi connectivity index (χ2v) is 1.34. The average Bonchev–Trinajstić information content (AvgIpc) is 0.722. The second kappa shape index (κ2) is 11.9. The van der Waals surface area contributed by atoms with E-state index in [0.717, 1.165) is 0 Å². The maximum absolute atomic E-state index is 8.74. The van der Waals surface area contributed by atoms with Gasteiger partial charge in [0.25, 0.3) is 0 Å². The second-order valence-electron chi connectivity index (χ2n) is 0.448. The van der Waals surface area contributed by atoms with Crippen LogP contribution in [0.4, 0.5) is 0 Å². The first kappa shape index (κ1) is 32.0. The van der Waals surface area contributed by atoms with Gasteiger partial charge in [0.15, 0.2) is 0 Å². The summed E-state index contributed by atoms with van der Waals surface area (Å²) in [5.41, 5.74) is 0. The van der Waals surface area contributed by atoms with Crippen molar-refractivity contribution in [1.29, 1.82) is 0 Å². The summed E-state index contributed by atoms with van der Waals surface area (Å²) < 4.78 is 31.6. The quantitative estimate of drug-likeness (QED) is 0.418. The van der Waals surface area contributed by atoms with Crippen LogP contribution in [-0.2, 0) is 44.5 Å². The predicted octanol–water partition coefficient (Wildman–Crippen LogP) is -0.0740. The summed E-state index contributed by atoms with van der Waals surface area (Å²) in [5, 5.41) is 0.